The second-order valence-corrected chi connectivity index (χ2v) is 4.37. The van der Waals surface area contributed by atoms with E-state index in [1.54, 1.807) is 24.5 Å². The molecule has 1 aromatic carbocycles. The molecule has 0 aliphatic carbocycles. The van der Waals surface area contributed by atoms with Gasteiger partial charge in [-0.3, -0.25) is 4.79 Å². The molecule has 0 aromatic heterocycles. The first kappa shape index (κ1) is 12.3. The maximum absolute atomic E-state index is 11.5. The molecule has 0 spiro atoms. The van der Waals surface area contributed by atoms with Crippen molar-refractivity contribution in [1.82, 2.24) is 0 Å². The number of esters is 1. The van der Waals surface area contributed by atoms with Crippen LogP contribution in [-0.2, 0) is 4.74 Å². The van der Waals surface area contributed by atoms with Crippen LogP contribution in [0.15, 0.2) is 22.7 Å². The van der Waals surface area contributed by atoms with E-state index in [2.05, 4.69) is 20.7 Å². The monoisotopic (exact) mass is 288 g/mol. The van der Waals surface area contributed by atoms with Gasteiger partial charge in [0.2, 0.25) is 5.12 Å². The van der Waals surface area contributed by atoms with Crippen molar-refractivity contribution in [2.24, 2.45) is 0 Å². The third-order valence-electron chi connectivity index (χ3n) is 1.79. The van der Waals surface area contributed by atoms with E-state index in [1.807, 2.05) is 0 Å². The SMILES string of the molecule is COC(=O)c1cc(Br)ccc1C(=O)SC. The maximum Gasteiger partial charge on any atom is 0.338 e. The molecule has 0 saturated heterocycles. The van der Waals surface area contributed by atoms with E-state index >= 15 is 0 Å². The summed E-state index contributed by atoms with van der Waals surface area (Å²) in [6.45, 7) is 0. The van der Waals surface area contributed by atoms with Gasteiger partial charge in [0.25, 0.3) is 0 Å². The fraction of sp³-hybridized carbons (Fsp3) is 0.200. The van der Waals surface area contributed by atoms with Crippen molar-refractivity contribution >= 4 is 38.8 Å². The van der Waals surface area contributed by atoms with E-state index in [0.29, 0.717) is 5.56 Å². The summed E-state index contributed by atoms with van der Waals surface area (Å²) < 4.78 is 5.34. The summed E-state index contributed by atoms with van der Waals surface area (Å²) in [5.41, 5.74) is 0.656. The lowest BCUT2D eigenvalue weighted by molar-refractivity contribution is 0.0598. The Balaban J connectivity index is 3.26. The molecule has 0 amide bonds. The van der Waals surface area contributed by atoms with Crippen LogP contribution < -0.4 is 0 Å². The summed E-state index contributed by atoms with van der Waals surface area (Å²) in [6, 6.07) is 4.90. The quantitative estimate of drug-likeness (QED) is 0.785. The average molecular weight is 289 g/mol. The van der Waals surface area contributed by atoms with Crippen molar-refractivity contribution in [3.05, 3.63) is 33.8 Å². The van der Waals surface area contributed by atoms with Crippen LogP contribution >= 0.6 is 27.7 Å². The van der Waals surface area contributed by atoms with Crippen LogP contribution in [0.3, 0.4) is 0 Å². The number of hydrogen-bond acceptors (Lipinski definition) is 4. The Morgan fingerprint density at radius 3 is 2.53 bits per heavy atom. The van der Waals surface area contributed by atoms with Crippen LogP contribution in [0.1, 0.15) is 20.7 Å². The lowest BCUT2D eigenvalue weighted by Crippen LogP contribution is -2.08. The number of halogens is 1. The van der Waals surface area contributed by atoms with Gasteiger partial charge in [0.05, 0.1) is 12.7 Å². The van der Waals surface area contributed by atoms with E-state index in [1.165, 1.54) is 7.11 Å². The molecule has 0 saturated carbocycles. The zero-order valence-corrected chi connectivity index (χ0v) is 10.6. The van der Waals surface area contributed by atoms with Crippen molar-refractivity contribution in [3.8, 4) is 0 Å². The minimum atomic E-state index is -0.506. The first-order valence-electron chi connectivity index (χ1n) is 4.06. The van der Waals surface area contributed by atoms with Gasteiger partial charge >= 0.3 is 5.97 Å². The minimum Gasteiger partial charge on any atom is -0.465 e. The van der Waals surface area contributed by atoms with E-state index < -0.39 is 5.97 Å². The molecule has 1 rings (SSSR count). The Hall–Kier alpha value is -0.810. The van der Waals surface area contributed by atoms with Gasteiger partial charge in [-0.15, -0.1) is 0 Å². The predicted molar refractivity (Wildman–Crippen MR) is 63.3 cm³/mol. The third-order valence-corrected chi connectivity index (χ3v) is 2.88. The van der Waals surface area contributed by atoms with Gasteiger partial charge in [0, 0.05) is 10.0 Å². The smallest absolute Gasteiger partial charge is 0.338 e. The first-order chi connectivity index (χ1) is 7.10. The fourth-order valence-corrected chi connectivity index (χ4v) is 1.84. The van der Waals surface area contributed by atoms with Gasteiger partial charge in [0.15, 0.2) is 0 Å². The summed E-state index contributed by atoms with van der Waals surface area (Å²) in [5, 5.41) is -0.150. The van der Waals surface area contributed by atoms with Gasteiger partial charge in [-0.25, -0.2) is 4.79 Å². The Labute approximate surface area is 100 Å². The van der Waals surface area contributed by atoms with Crippen molar-refractivity contribution in [1.29, 1.82) is 0 Å². The summed E-state index contributed by atoms with van der Waals surface area (Å²) in [7, 11) is 1.29. The van der Waals surface area contributed by atoms with E-state index in [-0.39, 0.29) is 10.7 Å². The molecule has 5 heteroatoms. The molecule has 1 aromatic rings. The summed E-state index contributed by atoms with van der Waals surface area (Å²) >= 11 is 4.30. The maximum atomic E-state index is 11.5. The molecule has 0 aliphatic rings. The summed E-state index contributed by atoms with van der Waals surface area (Å²) in [5.74, 6) is -0.506. The number of carbonyl (C=O) groups excluding carboxylic acids is 2. The van der Waals surface area contributed by atoms with Crippen molar-refractivity contribution in [2.45, 2.75) is 0 Å². The number of rotatable bonds is 2. The lowest BCUT2D eigenvalue weighted by atomic mass is 10.1. The molecule has 0 aliphatic heterocycles. The van der Waals surface area contributed by atoms with Crippen molar-refractivity contribution in [3.63, 3.8) is 0 Å². The molecular weight excluding hydrogens is 280 g/mol. The Kier molecular flexibility index (Phi) is 4.35. The van der Waals surface area contributed by atoms with Gasteiger partial charge in [-0.1, -0.05) is 27.7 Å². The zero-order chi connectivity index (χ0) is 11.4. The number of benzene rings is 1. The van der Waals surface area contributed by atoms with Crippen LogP contribution in [0.4, 0.5) is 0 Å². The van der Waals surface area contributed by atoms with Crippen LogP contribution in [0, 0.1) is 0 Å². The standard InChI is InChI=1S/C10H9BrO3S/c1-14-9(12)8-5-6(11)3-4-7(8)10(13)15-2/h3-5H,1-2H3. The highest BCUT2D eigenvalue weighted by molar-refractivity contribution is 9.10. The van der Waals surface area contributed by atoms with Gasteiger partial charge in [0.1, 0.15) is 0 Å². The molecule has 0 fully saturated rings. The molecule has 80 valence electrons. The Morgan fingerprint density at radius 1 is 1.33 bits per heavy atom. The second kappa shape index (κ2) is 5.32. The molecule has 0 atom stereocenters. The number of thioether (sulfide) groups is 1. The predicted octanol–water partition coefficient (Wildman–Crippen LogP) is 2.74. The van der Waals surface area contributed by atoms with Crippen molar-refractivity contribution in [2.75, 3.05) is 13.4 Å². The number of methoxy groups -OCH3 is 1. The highest BCUT2D eigenvalue weighted by atomic mass is 79.9. The normalized spacial score (nSPS) is 9.80. The van der Waals surface area contributed by atoms with Crippen LogP contribution in [0.25, 0.3) is 0 Å². The largest absolute Gasteiger partial charge is 0.465 e. The highest BCUT2D eigenvalue weighted by Gasteiger charge is 2.17. The lowest BCUT2D eigenvalue weighted by Gasteiger charge is -2.05. The number of carbonyl (C=O) groups is 2. The number of ether oxygens (including phenoxy) is 1. The minimum absolute atomic E-state index is 0.150. The molecule has 0 N–H and O–H groups in total. The second-order valence-electron chi connectivity index (χ2n) is 2.67. The van der Waals surface area contributed by atoms with E-state index in [0.717, 1.165) is 16.2 Å². The Morgan fingerprint density at radius 2 is 2.00 bits per heavy atom. The summed E-state index contributed by atoms with van der Waals surface area (Å²) in [4.78, 5) is 22.9. The van der Waals surface area contributed by atoms with E-state index in [4.69, 9.17) is 0 Å². The molecule has 15 heavy (non-hydrogen) atoms. The van der Waals surface area contributed by atoms with E-state index in [9.17, 15) is 9.59 Å². The highest BCUT2D eigenvalue weighted by Crippen LogP contribution is 2.20. The zero-order valence-electron chi connectivity index (χ0n) is 8.24. The first-order valence-corrected chi connectivity index (χ1v) is 6.08. The Bertz CT molecular complexity index is 404. The van der Waals surface area contributed by atoms with Gasteiger partial charge < -0.3 is 4.74 Å². The molecule has 0 unspecified atom stereocenters. The van der Waals surface area contributed by atoms with Crippen LogP contribution in [-0.4, -0.2) is 24.5 Å². The van der Waals surface area contributed by atoms with Gasteiger partial charge in [-0.05, 0) is 24.5 Å². The molecule has 0 radical (unpaired) electrons. The van der Waals surface area contributed by atoms with Crippen LogP contribution in [0.5, 0.6) is 0 Å². The van der Waals surface area contributed by atoms with Crippen LogP contribution in [0.2, 0.25) is 0 Å². The summed E-state index contributed by atoms with van der Waals surface area (Å²) in [6.07, 6.45) is 1.67. The molecular formula is C10H9BrO3S. The molecule has 0 bridgehead atoms. The number of hydrogen-bond donors (Lipinski definition) is 0. The topological polar surface area (TPSA) is 43.4 Å². The van der Waals surface area contributed by atoms with Crippen molar-refractivity contribution < 1.29 is 14.3 Å². The molecule has 0 heterocycles. The van der Waals surface area contributed by atoms with Gasteiger partial charge in [-0.2, -0.15) is 0 Å². The molecule has 3 nitrogen and oxygen atoms in total. The third kappa shape index (κ3) is 2.82. The fourth-order valence-electron chi connectivity index (χ4n) is 1.08. The average Bonchev–Trinajstić information content (AvgIpc) is 2.26.